The Kier molecular flexibility index (Phi) is 6.35. The minimum Gasteiger partial charge on any atom is -0.326 e. The summed E-state index contributed by atoms with van der Waals surface area (Å²) >= 11 is 0. The Balaban J connectivity index is 1.73. The maximum atomic E-state index is 12.0. The van der Waals surface area contributed by atoms with E-state index in [1.807, 2.05) is 24.3 Å². The molecule has 1 aliphatic rings. The molecule has 1 fully saturated rings. The molecular formula is C18H25N3O3. The van der Waals surface area contributed by atoms with Crippen LogP contribution in [0, 0.1) is 0 Å². The molecule has 1 heterocycles. The molecule has 4 amide bonds. The first-order chi connectivity index (χ1) is 11.5. The fourth-order valence-corrected chi connectivity index (χ4v) is 2.65. The Morgan fingerprint density at radius 1 is 1.17 bits per heavy atom. The van der Waals surface area contributed by atoms with Crippen LogP contribution in [0.5, 0.6) is 0 Å². The first-order valence-corrected chi connectivity index (χ1v) is 8.45. The van der Waals surface area contributed by atoms with Crippen molar-refractivity contribution in [1.29, 1.82) is 0 Å². The molecule has 130 valence electrons. The van der Waals surface area contributed by atoms with Crippen LogP contribution in [0.3, 0.4) is 0 Å². The lowest BCUT2D eigenvalue weighted by atomic mass is 10.1. The third kappa shape index (κ3) is 4.81. The number of carbonyl (C=O) groups excluding carboxylic acids is 3. The van der Waals surface area contributed by atoms with Crippen LogP contribution in [-0.4, -0.2) is 47.8 Å². The van der Waals surface area contributed by atoms with Gasteiger partial charge in [0, 0.05) is 25.7 Å². The predicted octanol–water partition coefficient (Wildman–Crippen LogP) is 2.64. The Bertz CT molecular complexity index is 598. The summed E-state index contributed by atoms with van der Waals surface area (Å²) in [5, 5.41) is 2.84. The van der Waals surface area contributed by atoms with Crippen molar-refractivity contribution in [2.24, 2.45) is 0 Å². The third-order valence-corrected chi connectivity index (χ3v) is 4.07. The third-order valence-electron chi connectivity index (χ3n) is 4.07. The van der Waals surface area contributed by atoms with Crippen molar-refractivity contribution >= 4 is 23.5 Å². The molecule has 0 radical (unpaired) electrons. The summed E-state index contributed by atoms with van der Waals surface area (Å²) in [5.74, 6) is -0.311. The number of rotatable bonds is 8. The Morgan fingerprint density at radius 2 is 1.88 bits per heavy atom. The van der Waals surface area contributed by atoms with Gasteiger partial charge in [-0.25, -0.2) is 4.79 Å². The van der Waals surface area contributed by atoms with Gasteiger partial charge in [-0.2, -0.15) is 0 Å². The van der Waals surface area contributed by atoms with E-state index in [2.05, 4.69) is 12.2 Å². The van der Waals surface area contributed by atoms with Gasteiger partial charge in [-0.1, -0.05) is 25.5 Å². The molecule has 0 bridgehead atoms. The Hall–Kier alpha value is -2.37. The van der Waals surface area contributed by atoms with E-state index in [-0.39, 0.29) is 37.4 Å². The highest BCUT2D eigenvalue weighted by Crippen LogP contribution is 2.13. The lowest BCUT2D eigenvalue weighted by Gasteiger charge is -2.13. The van der Waals surface area contributed by atoms with Gasteiger partial charge in [0.2, 0.25) is 11.8 Å². The lowest BCUT2D eigenvalue weighted by Crippen LogP contribution is -2.32. The lowest BCUT2D eigenvalue weighted by molar-refractivity contribution is -0.125. The summed E-state index contributed by atoms with van der Waals surface area (Å²) in [4.78, 5) is 37.9. The number of aryl methyl sites for hydroxylation is 1. The number of carbonyl (C=O) groups is 3. The van der Waals surface area contributed by atoms with Crippen molar-refractivity contribution in [3.63, 3.8) is 0 Å². The van der Waals surface area contributed by atoms with Gasteiger partial charge >= 0.3 is 6.03 Å². The predicted molar refractivity (Wildman–Crippen MR) is 92.7 cm³/mol. The molecule has 1 aromatic rings. The van der Waals surface area contributed by atoms with Crippen molar-refractivity contribution in [2.45, 2.75) is 39.0 Å². The van der Waals surface area contributed by atoms with Crippen LogP contribution in [0.4, 0.5) is 10.5 Å². The van der Waals surface area contributed by atoms with Gasteiger partial charge in [-0.3, -0.25) is 14.5 Å². The number of imide groups is 1. The SMILES string of the molecule is CCCCc1ccc(NC(=O)CCCN2C(=O)CN(C)C2=O)cc1. The summed E-state index contributed by atoms with van der Waals surface area (Å²) in [6.07, 6.45) is 4.12. The average Bonchev–Trinajstić information content (AvgIpc) is 2.80. The second-order valence-electron chi connectivity index (χ2n) is 6.14. The molecule has 0 unspecified atom stereocenters. The van der Waals surface area contributed by atoms with Crippen molar-refractivity contribution in [3.05, 3.63) is 29.8 Å². The first-order valence-electron chi connectivity index (χ1n) is 8.45. The van der Waals surface area contributed by atoms with Gasteiger partial charge in [-0.15, -0.1) is 0 Å². The minimum atomic E-state index is -0.289. The number of benzene rings is 1. The molecule has 24 heavy (non-hydrogen) atoms. The highest BCUT2D eigenvalue weighted by atomic mass is 16.2. The second-order valence-corrected chi connectivity index (χ2v) is 6.14. The van der Waals surface area contributed by atoms with Crippen LogP contribution in [0.2, 0.25) is 0 Å². The van der Waals surface area contributed by atoms with E-state index in [1.54, 1.807) is 7.05 Å². The number of unbranched alkanes of at least 4 members (excludes halogenated alkanes) is 1. The van der Waals surface area contributed by atoms with Gasteiger partial charge in [-0.05, 0) is 37.0 Å². The van der Waals surface area contributed by atoms with Crippen LogP contribution >= 0.6 is 0 Å². The van der Waals surface area contributed by atoms with Gasteiger partial charge < -0.3 is 10.2 Å². The molecule has 6 nitrogen and oxygen atoms in total. The molecule has 6 heteroatoms. The molecule has 0 spiro atoms. The molecule has 1 N–H and O–H groups in total. The van der Waals surface area contributed by atoms with E-state index in [0.29, 0.717) is 6.42 Å². The standard InChI is InChI=1S/C18H25N3O3/c1-3-4-6-14-8-10-15(11-9-14)19-16(22)7-5-12-21-17(23)13-20(2)18(21)24/h8-11H,3-7,12-13H2,1-2H3,(H,19,22). The first kappa shape index (κ1) is 18.0. The number of nitrogens with one attached hydrogen (secondary N) is 1. The van der Waals surface area contributed by atoms with Gasteiger partial charge in [0.05, 0.1) is 0 Å². The number of anilines is 1. The summed E-state index contributed by atoms with van der Waals surface area (Å²) in [7, 11) is 1.59. The number of hydrogen-bond acceptors (Lipinski definition) is 3. The zero-order valence-electron chi connectivity index (χ0n) is 14.4. The van der Waals surface area contributed by atoms with E-state index in [1.165, 1.54) is 15.4 Å². The molecule has 0 aliphatic carbocycles. The van der Waals surface area contributed by atoms with E-state index in [0.717, 1.165) is 24.9 Å². The number of nitrogens with zero attached hydrogens (tertiary/aromatic N) is 2. The monoisotopic (exact) mass is 331 g/mol. The maximum Gasteiger partial charge on any atom is 0.326 e. The topological polar surface area (TPSA) is 69.7 Å². The fourth-order valence-electron chi connectivity index (χ4n) is 2.65. The van der Waals surface area contributed by atoms with E-state index in [4.69, 9.17) is 0 Å². The summed E-state index contributed by atoms with van der Waals surface area (Å²) in [6.45, 7) is 2.57. The quantitative estimate of drug-likeness (QED) is 0.745. The summed E-state index contributed by atoms with van der Waals surface area (Å²) < 4.78 is 0. The number of likely N-dealkylation sites (N-methyl/N-ethyl adjacent to an activating group) is 1. The van der Waals surface area contributed by atoms with E-state index in [9.17, 15) is 14.4 Å². The van der Waals surface area contributed by atoms with Crippen LogP contribution in [0.1, 0.15) is 38.2 Å². The maximum absolute atomic E-state index is 12.0. The number of hydrogen-bond donors (Lipinski definition) is 1. The summed E-state index contributed by atoms with van der Waals surface area (Å²) in [6, 6.07) is 7.59. The van der Waals surface area contributed by atoms with Crippen molar-refractivity contribution < 1.29 is 14.4 Å². The molecular weight excluding hydrogens is 306 g/mol. The Labute approximate surface area is 142 Å². The zero-order valence-corrected chi connectivity index (χ0v) is 14.4. The molecule has 1 aliphatic heterocycles. The molecule has 1 saturated heterocycles. The van der Waals surface area contributed by atoms with Crippen molar-refractivity contribution in [1.82, 2.24) is 9.80 Å². The van der Waals surface area contributed by atoms with Crippen LogP contribution in [0.15, 0.2) is 24.3 Å². The highest BCUT2D eigenvalue weighted by molar-refractivity contribution is 6.01. The van der Waals surface area contributed by atoms with Crippen LogP contribution in [0.25, 0.3) is 0 Å². The van der Waals surface area contributed by atoms with Gasteiger partial charge in [0.15, 0.2) is 0 Å². The van der Waals surface area contributed by atoms with Gasteiger partial charge in [0.25, 0.3) is 0 Å². The second kappa shape index (κ2) is 8.47. The fraction of sp³-hybridized carbons (Fsp3) is 0.500. The Morgan fingerprint density at radius 3 is 2.46 bits per heavy atom. The number of amides is 4. The number of urea groups is 1. The smallest absolute Gasteiger partial charge is 0.326 e. The van der Waals surface area contributed by atoms with Gasteiger partial charge in [0.1, 0.15) is 6.54 Å². The van der Waals surface area contributed by atoms with Crippen molar-refractivity contribution in [2.75, 3.05) is 25.5 Å². The van der Waals surface area contributed by atoms with Crippen molar-refractivity contribution in [3.8, 4) is 0 Å². The summed E-state index contributed by atoms with van der Waals surface area (Å²) in [5.41, 5.74) is 2.04. The average molecular weight is 331 g/mol. The minimum absolute atomic E-state index is 0.108. The largest absolute Gasteiger partial charge is 0.326 e. The van der Waals surface area contributed by atoms with E-state index >= 15 is 0 Å². The molecule has 2 rings (SSSR count). The highest BCUT2D eigenvalue weighted by Gasteiger charge is 2.32. The molecule has 0 atom stereocenters. The van der Waals surface area contributed by atoms with Crippen LogP contribution < -0.4 is 5.32 Å². The van der Waals surface area contributed by atoms with E-state index < -0.39 is 0 Å². The molecule has 1 aromatic carbocycles. The molecule has 0 aromatic heterocycles. The van der Waals surface area contributed by atoms with Crippen LogP contribution in [-0.2, 0) is 16.0 Å². The zero-order chi connectivity index (χ0) is 17.5. The molecule has 0 saturated carbocycles. The normalized spacial score (nSPS) is 14.4.